The van der Waals surface area contributed by atoms with E-state index in [0.717, 1.165) is 16.0 Å². The van der Waals surface area contributed by atoms with Gasteiger partial charge in [-0.05, 0) is 24.3 Å². The van der Waals surface area contributed by atoms with Gasteiger partial charge in [0.15, 0.2) is 0 Å². The Labute approximate surface area is 115 Å². The molecule has 92 valence electrons. The van der Waals surface area contributed by atoms with E-state index in [9.17, 15) is 0 Å². The SMILES string of the molecule is Brc1cccc(OCC2COc3ccccc32)c1. The highest BCUT2D eigenvalue weighted by atomic mass is 79.9. The second kappa shape index (κ2) is 5.02. The highest BCUT2D eigenvalue weighted by Crippen LogP contribution is 2.33. The van der Waals surface area contributed by atoms with E-state index < -0.39 is 0 Å². The topological polar surface area (TPSA) is 18.5 Å². The monoisotopic (exact) mass is 304 g/mol. The molecule has 1 unspecified atom stereocenters. The lowest BCUT2D eigenvalue weighted by atomic mass is 10.0. The van der Waals surface area contributed by atoms with Crippen molar-refractivity contribution in [1.29, 1.82) is 0 Å². The van der Waals surface area contributed by atoms with E-state index in [0.29, 0.717) is 19.1 Å². The molecule has 0 amide bonds. The Hall–Kier alpha value is -1.48. The lowest BCUT2D eigenvalue weighted by Gasteiger charge is -2.11. The number of para-hydroxylation sites is 1. The molecule has 0 fully saturated rings. The zero-order valence-electron chi connectivity index (χ0n) is 9.80. The summed E-state index contributed by atoms with van der Waals surface area (Å²) in [6.07, 6.45) is 0. The fourth-order valence-electron chi connectivity index (χ4n) is 2.12. The van der Waals surface area contributed by atoms with Crippen LogP contribution in [0.4, 0.5) is 0 Å². The van der Waals surface area contributed by atoms with E-state index in [2.05, 4.69) is 22.0 Å². The van der Waals surface area contributed by atoms with Crippen molar-refractivity contribution < 1.29 is 9.47 Å². The lowest BCUT2D eigenvalue weighted by Crippen LogP contribution is -2.11. The van der Waals surface area contributed by atoms with Crippen LogP contribution in [0.15, 0.2) is 53.0 Å². The third-order valence-corrected chi connectivity index (χ3v) is 3.54. The van der Waals surface area contributed by atoms with Gasteiger partial charge in [0.1, 0.15) is 11.5 Å². The molecule has 2 aromatic rings. The van der Waals surface area contributed by atoms with Gasteiger partial charge in [-0.1, -0.05) is 40.2 Å². The van der Waals surface area contributed by atoms with Crippen LogP contribution < -0.4 is 9.47 Å². The molecule has 18 heavy (non-hydrogen) atoms. The van der Waals surface area contributed by atoms with Gasteiger partial charge in [0.2, 0.25) is 0 Å². The summed E-state index contributed by atoms with van der Waals surface area (Å²) >= 11 is 3.44. The fraction of sp³-hybridized carbons (Fsp3) is 0.200. The number of hydrogen-bond acceptors (Lipinski definition) is 2. The minimum atomic E-state index is 0.320. The van der Waals surface area contributed by atoms with Gasteiger partial charge in [0.25, 0.3) is 0 Å². The van der Waals surface area contributed by atoms with Crippen LogP contribution in [-0.4, -0.2) is 13.2 Å². The molecule has 0 aromatic heterocycles. The maximum Gasteiger partial charge on any atom is 0.123 e. The van der Waals surface area contributed by atoms with E-state index in [1.165, 1.54) is 5.56 Å². The molecule has 0 aliphatic carbocycles. The molecular formula is C15H13BrO2. The number of rotatable bonds is 3. The first-order valence-corrected chi connectivity index (χ1v) is 6.72. The third-order valence-electron chi connectivity index (χ3n) is 3.05. The second-order valence-corrected chi connectivity index (χ2v) is 5.23. The Kier molecular flexibility index (Phi) is 3.24. The summed E-state index contributed by atoms with van der Waals surface area (Å²) in [6.45, 7) is 1.35. The molecule has 3 rings (SSSR count). The average Bonchev–Trinajstić information content (AvgIpc) is 2.80. The number of halogens is 1. The number of ether oxygens (including phenoxy) is 2. The van der Waals surface area contributed by atoms with E-state index in [4.69, 9.17) is 9.47 Å². The largest absolute Gasteiger partial charge is 0.493 e. The molecule has 1 aliphatic rings. The van der Waals surface area contributed by atoms with Gasteiger partial charge in [-0.15, -0.1) is 0 Å². The first-order chi connectivity index (χ1) is 8.83. The molecule has 0 spiro atoms. The van der Waals surface area contributed by atoms with Crippen molar-refractivity contribution in [3.8, 4) is 11.5 Å². The quantitative estimate of drug-likeness (QED) is 0.853. The highest BCUT2D eigenvalue weighted by molar-refractivity contribution is 9.10. The molecule has 3 heteroatoms. The van der Waals surface area contributed by atoms with Crippen molar-refractivity contribution >= 4 is 15.9 Å². The molecule has 0 saturated carbocycles. The van der Waals surface area contributed by atoms with E-state index >= 15 is 0 Å². The predicted octanol–water partition coefficient (Wildman–Crippen LogP) is 4.00. The Bertz CT molecular complexity index is 554. The van der Waals surface area contributed by atoms with Crippen molar-refractivity contribution in [1.82, 2.24) is 0 Å². The standard InChI is InChI=1S/C15H13BrO2/c16-12-4-3-5-13(8-12)17-9-11-10-18-15-7-2-1-6-14(11)15/h1-8,11H,9-10H2. The van der Waals surface area contributed by atoms with Gasteiger partial charge in [0, 0.05) is 10.0 Å². The molecule has 0 radical (unpaired) electrons. The molecule has 2 nitrogen and oxygen atoms in total. The second-order valence-electron chi connectivity index (χ2n) is 4.31. The summed E-state index contributed by atoms with van der Waals surface area (Å²) in [5.41, 5.74) is 1.24. The Morgan fingerprint density at radius 1 is 1.17 bits per heavy atom. The fourth-order valence-corrected chi connectivity index (χ4v) is 2.50. The van der Waals surface area contributed by atoms with Crippen LogP contribution in [0.25, 0.3) is 0 Å². The van der Waals surface area contributed by atoms with E-state index in [-0.39, 0.29) is 0 Å². The normalized spacial score (nSPS) is 17.1. The molecule has 0 bridgehead atoms. The molecule has 1 atom stereocenters. The van der Waals surface area contributed by atoms with Crippen molar-refractivity contribution in [2.75, 3.05) is 13.2 Å². The van der Waals surface area contributed by atoms with Gasteiger partial charge in [-0.3, -0.25) is 0 Å². The van der Waals surface area contributed by atoms with Gasteiger partial charge < -0.3 is 9.47 Å². The van der Waals surface area contributed by atoms with E-state index in [1.54, 1.807) is 0 Å². The number of fused-ring (bicyclic) bond motifs is 1. The average molecular weight is 305 g/mol. The summed E-state index contributed by atoms with van der Waals surface area (Å²) in [6, 6.07) is 16.1. The molecule has 1 heterocycles. The number of benzene rings is 2. The van der Waals surface area contributed by atoms with Crippen LogP contribution in [0, 0.1) is 0 Å². The third kappa shape index (κ3) is 2.36. The molecule has 0 saturated heterocycles. The lowest BCUT2D eigenvalue weighted by molar-refractivity contribution is 0.248. The van der Waals surface area contributed by atoms with E-state index in [1.807, 2.05) is 42.5 Å². The minimum Gasteiger partial charge on any atom is -0.493 e. The Morgan fingerprint density at radius 2 is 2.06 bits per heavy atom. The van der Waals surface area contributed by atoms with Gasteiger partial charge in [-0.2, -0.15) is 0 Å². The van der Waals surface area contributed by atoms with Crippen molar-refractivity contribution in [2.24, 2.45) is 0 Å². The van der Waals surface area contributed by atoms with Crippen LogP contribution >= 0.6 is 15.9 Å². The van der Waals surface area contributed by atoms with Gasteiger partial charge in [-0.25, -0.2) is 0 Å². The van der Waals surface area contributed by atoms with Crippen LogP contribution in [0.1, 0.15) is 11.5 Å². The number of hydrogen-bond donors (Lipinski definition) is 0. The first-order valence-electron chi connectivity index (χ1n) is 5.93. The van der Waals surface area contributed by atoms with Crippen LogP contribution in [0.2, 0.25) is 0 Å². The maximum absolute atomic E-state index is 5.82. The zero-order valence-corrected chi connectivity index (χ0v) is 11.4. The molecular weight excluding hydrogens is 292 g/mol. The predicted molar refractivity (Wildman–Crippen MR) is 74.3 cm³/mol. The summed E-state index contributed by atoms with van der Waals surface area (Å²) < 4.78 is 12.5. The molecule has 1 aliphatic heterocycles. The van der Waals surface area contributed by atoms with Crippen molar-refractivity contribution in [3.63, 3.8) is 0 Å². The zero-order chi connectivity index (χ0) is 12.4. The molecule has 2 aromatic carbocycles. The first kappa shape index (κ1) is 11.6. The van der Waals surface area contributed by atoms with Crippen LogP contribution in [0.5, 0.6) is 11.5 Å². The smallest absolute Gasteiger partial charge is 0.123 e. The highest BCUT2D eigenvalue weighted by Gasteiger charge is 2.24. The molecule has 0 N–H and O–H groups in total. The van der Waals surface area contributed by atoms with Gasteiger partial charge in [0.05, 0.1) is 19.1 Å². The minimum absolute atomic E-state index is 0.320. The summed E-state index contributed by atoms with van der Waals surface area (Å²) in [5, 5.41) is 0. The Morgan fingerprint density at radius 3 is 2.94 bits per heavy atom. The van der Waals surface area contributed by atoms with Crippen LogP contribution in [0.3, 0.4) is 0 Å². The summed E-state index contributed by atoms with van der Waals surface area (Å²) in [4.78, 5) is 0. The van der Waals surface area contributed by atoms with Gasteiger partial charge >= 0.3 is 0 Å². The maximum atomic E-state index is 5.82. The van der Waals surface area contributed by atoms with Crippen LogP contribution in [-0.2, 0) is 0 Å². The Balaban J connectivity index is 1.69. The summed E-state index contributed by atoms with van der Waals surface area (Å²) in [5.74, 6) is 2.19. The summed E-state index contributed by atoms with van der Waals surface area (Å²) in [7, 11) is 0. The van der Waals surface area contributed by atoms with Crippen molar-refractivity contribution in [3.05, 3.63) is 58.6 Å². The van der Waals surface area contributed by atoms with Crippen molar-refractivity contribution in [2.45, 2.75) is 5.92 Å².